The Morgan fingerprint density at radius 2 is 1.90 bits per heavy atom. The number of nitrogens with one attached hydrogen (secondary N) is 1. The van der Waals surface area contributed by atoms with E-state index in [1.807, 2.05) is 37.3 Å². The Balaban J connectivity index is 2.08. The van der Waals surface area contributed by atoms with Crippen molar-refractivity contribution < 1.29 is 9.53 Å². The second-order valence-electron chi connectivity index (χ2n) is 6.00. The fourth-order valence-electron chi connectivity index (χ4n) is 3.28. The lowest BCUT2D eigenvalue weighted by atomic mass is 9.77. The minimum Gasteiger partial charge on any atom is -0.464 e. The molecule has 2 atom stereocenters. The molecule has 1 aromatic carbocycles. The Morgan fingerprint density at radius 1 is 1.24 bits per heavy atom. The number of benzene rings is 1. The molecule has 0 saturated heterocycles. The summed E-state index contributed by atoms with van der Waals surface area (Å²) < 4.78 is 5.29. The summed E-state index contributed by atoms with van der Waals surface area (Å²) in [4.78, 5) is 12.3. The number of carbonyl (C=O) groups excluding carboxylic acids is 1. The van der Waals surface area contributed by atoms with Crippen LogP contribution in [0.4, 0.5) is 5.69 Å². The lowest BCUT2D eigenvalue weighted by Gasteiger charge is -2.33. The first-order valence-corrected chi connectivity index (χ1v) is 8.20. The van der Waals surface area contributed by atoms with Crippen molar-refractivity contribution in [1.29, 1.82) is 0 Å². The SMILES string of the molecule is CCOC(=O)C(Nc1ccccc1)C(C)C1CCCCC1. The summed E-state index contributed by atoms with van der Waals surface area (Å²) in [6.45, 7) is 4.49. The molecule has 3 nitrogen and oxygen atoms in total. The highest BCUT2D eigenvalue weighted by Gasteiger charge is 2.32. The van der Waals surface area contributed by atoms with Crippen molar-refractivity contribution in [3.63, 3.8) is 0 Å². The molecule has 116 valence electrons. The van der Waals surface area contributed by atoms with Crippen molar-refractivity contribution in [1.82, 2.24) is 0 Å². The number of carbonyl (C=O) groups is 1. The first-order valence-electron chi connectivity index (χ1n) is 8.20. The van der Waals surface area contributed by atoms with E-state index in [0.29, 0.717) is 18.4 Å². The maximum Gasteiger partial charge on any atom is 0.328 e. The number of para-hydroxylation sites is 1. The van der Waals surface area contributed by atoms with Gasteiger partial charge in [-0.3, -0.25) is 0 Å². The quantitative estimate of drug-likeness (QED) is 0.796. The normalized spacial score (nSPS) is 18.8. The molecule has 1 aliphatic carbocycles. The van der Waals surface area contributed by atoms with Crippen LogP contribution in [0.3, 0.4) is 0 Å². The van der Waals surface area contributed by atoms with E-state index in [1.165, 1.54) is 32.1 Å². The Bertz CT molecular complexity index is 426. The Kier molecular flexibility index (Phi) is 6.09. The Hall–Kier alpha value is -1.51. The molecule has 0 bridgehead atoms. The molecule has 1 aromatic rings. The minimum absolute atomic E-state index is 0.126. The van der Waals surface area contributed by atoms with E-state index in [1.54, 1.807) is 0 Å². The average Bonchev–Trinajstić information content (AvgIpc) is 2.54. The van der Waals surface area contributed by atoms with Crippen LogP contribution in [0.15, 0.2) is 30.3 Å². The van der Waals surface area contributed by atoms with Gasteiger partial charge < -0.3 is 10.1 Å². The third kappa shape index (κ3) is 4.48. The Morgan fingerprint density at radius 3 is 2.52 bits per heavy atom. The molecule has 2 unspecified atom stereocenters. The van der Waals surface area contributed by atoms with E-state index in [-0.39, 0.29) is 12.0 Å². The summed E-state index contributed by atoms with van der Waals surface area (Å²) in [7, 11) is 0. The van der Waals surface area contributed by atoms with Gasteiger partial charge in [0, 0.05) is 5.69 Å². The molecule has 3 heteroatoms. The topological polar surface area (TPSA) is 38.3 Å². The molecular formula is C18H27NO2. The molecule has 21 heavy (non-hydrogen) atoms. The first kappa shape index (κ1) is 15.9. The van der Waals surface area contributed by atoms with Crippen LogP contribution in [0.1, 0.15) is 46.0 Å². The molecule has 0 heterocycles. The van der Waals surface area contributed by atoms with Crippen LogP contribution in [0.5, 0.6) is 0 Å². The molecule has 0 spiro atoms. The van der Waals surface area contributed by atoms with Gasteiger partial charge in [0.05, 0.1) is 6.61 Å². The van der Waals surface area contributed by atoms with Crippen LogP contribution in [0.2, 0.25) is 0 Å². The molecule has 1 fully saturated rings. The van der Waals surface area contributed by atoms with Crippen LogP contribution in [0, 0.1) is 11.8 Å². The largest absolute Gasteiger partial charge is 0.464 e. The zero-order chi connectivity index (χ0) is 15.1. The lowest BCUT2D eigenvalue weighted by Crippen LogP contribution is -2.41. The minimum atomic E-state index is -0.254. The van der Waals surface area contributed by atoms with Crippen molar-refractivity contribution in [2.24, 2.45) is 11.8 Å². The van der Waals surface area contributed by atoms with Crippen molar-refractivity contribution in [3.05, 3.63) is 30.3 Å². The number of rotatable bonds is 6. The van der Waals surface area contributed by atoms with Gasteiger partial charge in [0.25, 0.3) is 0 Å². The molecule has 0 radical (unpaired) electrons. The third-order valence-electron chi connectivity index (χ3n) is 4.56. The third-order valence-corrected chi connectivity index (χ3v) is 4.56. The highest BCUT2D eigenvalue weighted by Crippen LogP contribution is 2.32. The van der Waals surface area contributed by atoms with Crippen LogP contribution < -0.4 is 5.32 Å². The summed E-state index contributed by atoms with van der Waals surface area (Å²) >= 11 is 0. The second kappa shape index (κ2) is 8.06. The van der Waals surface area contributed by atoms with Gasteiger partial charge in [0.2, 0.25) is 0 Å². The second-order valence-corrected chi connectivity index (χ2v) is 6.00. The summed E-state index contributed by atoms with van der Waals surface area (Å²) in [5.74, 6) is 0.786. The van der Waals surface area contributed by atoms with Crippen molar-refractivity contribution in [3.8, 4) is 0 Å². The summed E-state index contributed by atoms with van der Waals surface area (Å²) in [5.41, 5.74) is 0.984. The summed E-state index contributed by atoms with van der Waals surface area (Å²) in [6, 6.07) is 9.69. The number of ether oxygens (including phenoxy) is 1. The van der Waals surface area contributed by atoms with E-state index in [2.05, 4.69) is 12.2 Å². The van der Waals surface area contributed by atoms with Crippen molar-refractivity contribution >= 4 is 11.7 Å². The molecular weight excluding hydrogens is 262 g/mol. The monoisotopic (exact) mass is 289 g/mol. The fourth-order valence-corrected chi connectivity index (χ4v) is 3.28. The van der Waals surface area contributed by atoms with E-state index in [0.717, 1.165) is 5.69 Å². The average molecular weight is 289 g/mol. The van der Waals surface area contributed by atoms with Gasteiger partial charge in [-0.2, -0.15) is 0 Å². The summed E-state index contributed by atoms with van der Waals surface area (Å²) in [6.07, 6.45) is 6.37. The van der Waals surface area contributed by atoms with E-state index >= 15 is 0 Å². The smallest absolute Gasteiger partial charge is 0.328 e. The number of hydrogen-bond donors (Lipinski definition) is 1. The van der Waals surface area contributed by atoms with Gasteiger partial charge in [0.1, 0.15) is 6.04 Å². The van der Waals surface area contributed by atoms with Gasteiger partial charge in [-0.15, -0.1) is 0 Å². The highest BCUT2D eigenvalue weighted by molar-refractivity contribution is 5.79. The molecule has 1 saturated carbocycles. The maximum atomic E-state index is 12.3. The maximum absolute atomic E-state index is 12.3. The fraction of sp³-hybridized carbons (Fsp3) is 0.611. The Labute approximate surface area is 128 Å². The number of hydrogen-bond acceptors (Lipinski definition) is 3. The zero-order valence-corrected chi connectivity index (χ0v) is 13.2. The van der Waals surface area contributed by atoms with Crippen LogP contribution >= 0.6 is 0 Å². The van der Waals surface area contributed by atoms with Gasteiger partial charge in [-0.1, -0.05) is 57.2 Å². The predicted molar refractivity (Wildman–Crippen MR) is 86.2 cm³/mol. The molecule has 0 aromatic heterocycles. The summed E-state index contributed by atoms with van der Waals surface area (Å²) in [5, 5.41) is 3.39. The van der Waals surface area contributed by atoms with E-state index in [9.17, 15) is 4.79 Å². The molecule has 1 N–H and O–H groups in total. The number of esters is 1. The van der Waals surface area contributed by atoms with E-state index < -0.39 is 0 Å². The lowest BCUT2D eigenvalue weighted by molar-refractivity contribution is -0.145. The van der Waals surface area contributed by atoms with Crippen LogP contribution in [-0.4, -0.2) is 18.6 Å². The van der Waals surface area contributed by atoms with Crippen LogP contribution in [-0.2, 0) is 9.53 Å². The van der Waals surface area contributed by atoms with Gasteiger partial charge in [-0.25, -0.2) is 4.79 Å². The van der Waals surface area contributed by atoms with Crippen molar-refractivity contribution in [2.75, 3.05) is 11.9 Å². The molecule has 0 aliphatic heterocycles. The van der Waals surface area contributed by atoms with E-state index in [4.69, 9.17) is 4.74 Å². The molecule has 2 rings (SSSR count). The van der Waals surface area contributed by atoms with Gasteiger partial charge in [-0.05, 0) is 30.9 Å². The standard InChI is InChI=1S/C18H27NO2/c1-3-21-18(20)17(19-16-12-8-5-9-13-16)14(2)15-10-6-4-7-11-15/h5,8-9,12-15,17,19H,3-4,6-7,10-11H2,1-2H3. The van der Waals surface area contributed by atoms with Gasteiger partial charge >= 0.3 is 5.97 Å². The zero-order valence-electron chi connectivity index (χ0n) is 13.2. The van der Waals surface area contributed by atoms with Gasteiger partial charge in [0.15, 0.2) is 0 Å². The number of anilines is 1. The molecule has 0 amide bonds. The van der Waals surface area contributed by atoms with Crippen molar-refractivity contribution in [2.45, 2.75) is 52.0 Å². The predicted octanol–water partition coefficient (Wildman–Crippen LogP) is 4.25. The van der Waals surface area contributed by atoms with Crippen LogP contribution in [0.25, 0.3) is 0 Å². The highest BCUT2D eigenvalue weighted by atomic mass is 16.5. The molecule has 1 aliphatic rings. The first-order chi connectivity index (χ1) is 10.2.